The molecule has 17 heavy (non-hydrogen) atoms. The van der Waals surface area contributed by atoms with Crippen LogP contribution in [0.2, 0.25) is 0 Å². The maximum absolute atomic E-state index is 11.6. The van der Waals surface area contributed by atoms with Crippen LogP contribution >= 0.6 is 23.2 Å². The maximum Gasteiger partial charge on any atom is 0.253 e. The van der Waals surface area contributed by atoms with Gasteiger partial charge in [0.25, 0.3) is 5.56 Å². The quantitative estimate of drug-likeness (QED) is 0.795. The molecule has 0 amide bonds. The molecule has 6 heteroatoms. The molecule has 0 saturated carbocycles. The zero-order valence-corrected chi connectivity index (χ0v) is 10.9. The molecule has 1 aliphatic rings. The number of aryl methyl sites for hydroxylation is 2. The Morgan fingerprint density at radius 3 is 2.76 bits per heavy atom. The number of pyridine rings is 1. The Balaban J connectivity index is 2.43. The van der Waals surface area contributed by atoms with Crippen molar-refractivity contribution in [3.8, 4) is 0 Å². The number of nitrogens with one attached hydrogen (secondary N) is 1. The van der Waals surface area contributed by atoms with E-state index < -0.39 is 0 Å². The van der Waals surface area contributed by atoms with Crippen LogP contribution in [0.1, 0.15) is 17.3 Å². The summed E-state index contributed by atoms with van der Waals surface area (Å²) in [5.74, 6) is 0. The fraction of sp³-hybridized carbons (Fsp3) is 0.273. The number of allylic oxidation sites excluding steroid dienone is 1. The predicted octanol–water partition coefficient (Wildman–Crippen LogP) is 2.01. The number of hydrogen-bond donors (Lipinski definition) is 1. The van der Waals surface area contributed by atoms with Gasteiger partial charge in [-0.05, 0) is 13.0 Å². The van der Waals surface area contributed by atoms with E-state index in [-0.39, 0.29) is 11.7 Å². The smallest absolute Gasteiger partial charge is 0.253 e. The standard InChI is InChI=1S/C11H11Cl2N3O/c1-6-3-7(5-16(2)11(6)17)10-14-8(12)4-9(13)15-10/h3-5,10,14H,1-2H3/t10-/m0/s1. The van der Waals surface area contributed by atoms with Crippen molar-refractivity contribution in [1.82, 2.24) is 9.88 Å². The fourth-order valence-electron chi connectivity index (χ4n) is 1.69. The number of rotatable bonds is 1. The minimum absolute atomic E-state index is 0.0266. The normalized spacial score (nSPS) is 19.4. The van der Waals surface area contributed by atoms with Crippen molar-refractivity contribution in [3.63, 3.8) is 0 Å². The molecule has 0 bridgehead atoms. The molecule has 0 aromatic carbocycles. The van der Waals surface area contributed by atoms with Gasteiger partial charge in [0, 0.05) is 30.4 Å². The van der Waals surface area contributed by atoms with Crippen LogP contribution < -0.4 is 10.9 Å². The van der Waals surface area contributed by atoms with Crippen LogP contribution in [0.5, 0.6) is 0 Å². The first-order valence-corrected chi connectivity index (χ1v) is 5.77. The molecule has 0 spiro atoms. The summed E-state index contributed by atoms with van der Waals surface area (Å²) in [6.07, 6.45) is 2.90. The van der Waals surface area contributed by atoms with Crippen molar-refractivity contribution in [2.75, 3.05) is 0 Å². The van der Waals surface area contributed by atoms with Gasteiger partial charge in [0.15, 0.2) is 0 Å². The van der Waals surface area contributed by atoms with E-state index in [0.717, 1.165) is 5.56 Å². The van der Waals surface area contributed by atoms with Gasteiger partial charge in [-0.3, -0.25) is 4.79 Å². The van der Waals surface area contributed by atoms with Crippen molar-refractivity contribution < 1.29 is 0 Å². The molecular formula is C11H11Cl2N3O. The van der Waals surface area contributed by atoms with E-state index in [0.29, 0.717) is 15.9 Å². The monoisotopic (exact) mass is 271 g/mol. The highest BCUT2D eigenvalue weighted by molar-refractivity contribution is 6.69. The zero-order chi connectivity index (χ0) is 12.6. The first-order chi connectivity index (χ1) is 7.97. The number of nitrogens with zero attached hydrogens (tertiary/aromatic N) is 2. The number of halogens is 2. The van der Waals surface area contributed by atoms with Crippen LogP contribution in [0.15, 0.2) is 33.3 Å². The second kappa shape index (κ2) is 4.55. The van der Waals surface area contributed by atoms with Crippen LogP contribution in [-0.4, -0.2) is 9.74 Å². The van der Waals surface area contributed by atoms with E-state index >= 15 is 0 Å². The summed E-state index contributed by atoms with van der Waals surface area (Å²) in [5, 5.41) is 3.75. The third-order valence-electron chi connectivity index (χ3n) is 2.47. The molecule has 1 aromatic rings. The first kappa shape index (κ1) is 12.2. The van der Waals surface area contributed by atoms with E-state index in [1.807, 2.05) is 0 Å². The van der Waals surface area contributed by atoms with E-state index in [4.69, 9.17) is 23.2 Å². The van der Waals surface area contributed by atoms with Crippen LogP contribution in [0.25, 0.3) is 0 Å². The average molecular weight is 272 g/mol. The van der Waals surface area contributed by atoms with E-state index in [2.05, 4.69) is 10.3 Å². The van der Waals surface area contributed by atoms with Gasteiger partial charge in [-0.1, -0.05) is 23.2 Å². The number of aliphatic imine (C=N–C) groups is 1. The Bertz CT molecular complexity index is 548. The van der Waals surface area contributed by atoms with Gasteiger partial charge in [0.05, 0.1) is 0 Å². The SMILES string of the molecule is Cc1cc([C@@H]2N=C(Cl)C=C(Cl)N2)cn(C)c1=O. The van der Waals surface area contributed by atoms with Crippen molar-refractivity contribution in [2.24, 2.45) is 12.0 Å². The van der Waals surface area contributed by atoms with Crippen molar-refractivity contribution >= 4 is 28.4 Å². The lowest BCUT2D eigenvalue weighted by Crippen LogP contribution is -2.25. The minimum atomic E-state index is -0.356. The molecule has 1 aliphatic heterocycles. The third-order valence-corrected chi connectivity index (χ3v) is 2.90. The molecule has 2 rings (SSSR count). The predicted molar refractivity (Wildman–Crippen MR) is 69.5 cm³/mol. The average Bonchev–Trinajstić information content (AvgIpc) is 2.23. The molecule has 0 unspecified atom stereocenters. The summed E-state index contributed by atoms with van der Waals surface area (Å²) in [6.45, 7) is 1.76. The van der Waals surface area contributed by atoms with Crippen molar-refractivity contribution in [2.45, 2.75) is 13.1 Å². The molecular weight excluding hydrogens is 261 g/mol. The second-order valence-corrected chi connectivity index (χ2v) is 4.66. The second-order valence-electron chi connectivity index (χ2n) is 3.86. The molecule has 4 nitrogen and oxygen atoms in total. The van der Waals surface area contributed by atoms with Gasteiger partial charge < -0.3 is 9.88 Å². The Morgan fingerprint density at radius 2 is 2.18 bits per heavy atom. The molecule has 1 atom stereocenters. The van der Waals surface area contributed by atoms with E-state index in [1.54, 1.807) is 26.2 Å². The highest BCUT2D eigenvalue weighted by Crippen LogP contribution is 2.21. The molecule has 0 saturated heterocycles. The Labute approximate surface area is 109 Å². The summed E-state index contributed by atoms with van der Waals surface area (Å²) in [6, 6.07) is 1.78. The largest absolute Gasteiger partial charge is 0.350 e. The topological polar surface area (TPSA) is 46.4 Å². The van der Waals surface area contributed by atoms with Gasteiger partial charge in [-0.25, -0.2) is 4.99 Å². The van der Waals surface area contributed by atoms with Gasteiger partial charge in [0.1, 0.15) is 16.5 Å². The first-order valence-electron chi connectivity index (χ1n) is 5.01. The van der Waals surface area contributed by atoms with Crippen molar-refractivity contribution in [3.05, 3.63) is 45.0 Å². The molecule has 0 aliphatic carbocycles. The third kappa shape index (κ3) is 2.53. The maximum atomic E-state index is 11.6. The summed E-state index contributed by atoms with van der Waals surface area (Å²) < 4.78 is 1.52. The Morgan fingerprint density at radius 1 is 1.47 bits per heavy atom. The summed E-state index contributed by atoms with van der Waals surface area (Å²) in [5.41, 5.74) is 1.47. The van der Waals surface area contributed by atoms with Gasteiger partial charge >= 0.3 is 0 Å². The summed E-state index contributed by atoms with van der Waals surface area (Å²) >= 11 is 11.7. The summed E-state index contributed by atoms with van der Waals surface area (Å²) in [4.78, 5) is 15.8. The number of hydrogen-bond acceptors (Lipinski definition) is 3. The minimum Gasteiger partial charge on any atom is -0.350 e. The molecule has 90 valence electrons. The fourth-order valence-corrected chi connectivity index (χ4v) is 2.16. The van der Waals surface area contributed by atoms with Crippen LogP contribution in [0.3, 0.4) is 0 Å². The van der Waals surface area contributed by atoms with Gasteiger partial charge in [-0.2, -0.15) is 0 Å². The lowest BCUT2D eigenvalue weighted by Gasteiger charge is -2.20. The van der Waals surface area contributed by atoms with Crippen LogP contribution in [0, 0.1) is 6.92 Å². The zero-order valence-electron chi connectivity index (χ0n) is 9.37. The Hall–Kier alpha value is -1.26. The molecule has 0 fully saturated rings. The van der Waals surface area contributed by atoms with Gasteiger partial charge in [-0.15, -0.1) is 0 Å². The summed E-state index contributed by atoms with van der Waals surface area (Å²) in [7, 11) is 1.70. The van der Waals surface area contributed by atoms with Crippen LogP contribution in [-0.2, 0) is 7.05 Å². The lowest BCUT2D eigenvalue weighted by molar-refractivity contribution is 0.630. The van der Waals surface area contributed by atoms with Crippen LogP contribution in [0.4, 0.5) is 0 Å². The molecule has 1 aromatic heterocycles. The molecule has 0 radical (unpaired) electrons. The van der Waals surface area contributed by atoms with Crippen molar-refractivity contribution in [1.29, 1.82) is 0 Å². The van der Waals surface area contributed by atoms with E-state index in [1.165, 1.54) is 10.6 Å². The highest BCUT2D eigenvalue weighted by Gasteiger charge is 2.16. The lowest BCUT2D eigenvalue weighted by atomic mass is 10.1. The van der Waals surface area contributed by atoms with Gasteiger partial charge in [0.2, 0.25) is 0 Å². The molecule has 2 heterocycles. The Kier molecular flexibility index (Phi) is 3.26. The van der Waals surface area contributed by atoms with E-state index in [9.17, 15) is 4.79 Å². The molecule has 1 N–H and O–H groups in total. The number of aromatic nitrogens is 1. The highest BCUT2D eigenvalue weighted by atomic mass is 35.5.